The molecule has 0 rings (SSSR count). The van der Waals surface area contributed by atoms with E-state index in [1.165, 1.54) is 7.11 Å². The van der Waals surface area contributed by atoms with E-state index in [1.807, 2.05) is 26.0 Å². The van der Waals surface area contributed by atoms with Gasteiger partial charge in [-0.2, -0.15) is 0 Å². The number of carbonyl (C=O) groups is 1. The maximum absolute atomic E-state index is 9.70. The normalized spacial score (nSPS) is 8.50. The van der Waals surface area contributed by atoms with Gasteiger partial charge in [0.1, 0.15) is 6.61 Å². The van der Waals surface area contributed by atoms with E-state index in [0.717, 1.165) is 0 Å². The fourth-order valence-corrected chi connectivity index (χ4v) is 0.142. The summed E-state index contributed by atoms with van der Waals surface area (Å²) in [5.41, 5.74) is 4.64. The van der Waals surface area contributed by atoms with Gasteiger partial charge in [0.05, 0.1) is 0 Å². The Bertz CT molecular complexity index is 81.1. The fraction of sp³-hybridized carbons (Fsp3) is 0.833. The van der Waals surface area contributed by atoms with Crippen molar-refractivity contribution in [3.63, 3.8) is 0 Å². The fourth-order valence-electron chi connectivity index (χ4n) is 0.142. The van der Waals surface area contributed by atoms with Gasteiger partial charge in [-0.3, -0.25) is 4.79 Å². The number of methoxy groups -OCH3 is 1. The summed E-state index contributed by atoms with van der Waals surface area (Å²) in [6.45, 7) is 0.0139. The Balaban J connectivity index is 0. The van der Waals surface area contributed by atoms with Crippen molar-refractivity contribution in [2.24, 2.45) is 5.73 Å². The van der Waals surface area contributed by atoms with E-state index in [-0.39, 0.29) is 6.61 Å². The van der Waals surface area contributed by atoms with Crippen molar-refractivity contribution in [3.8, 4) is 0 Å². The minimum atomic E-state index is -0.433. The molecule has 4 nitrogen and oxygen atoms in total. The van der Waals surface area contributed by atoms with Gasteiger partial charge in [-0.25, -0.2) is 0 Å². The van der Waals surface area contributed by atoms with Gasteiger partial charge in [0.25, 0.3) is 0 Å². The Hall–Kier alpha value is -0.610. The number of hydrogen-bond acceptors (Lipinski definition) is 3. The molecule has 0 aromatic heterocycles. The average Bonchev–Trinajstić information content (AvgIpc) is 1.62. The van der Waals surface area contributed by atoms with Crippen molar-refractivity contribution < 1.29 is 9.53 Å². The second-order valence-corrected chi connectivity index (χ2v) is 2.24. The molecule has 0 aliphatic carbocycles. The number of ether oxygens (including phenoxy) is 1. The van der Waals surface area contributed by atoms with Crippen LogP contribution in [0, 0.1) is 0 Å². The van der Waals surface area contributed by atoms with Crippen molar-refractivity contribution in [2.75, 3.05) is 34.9 Å². The third-order valence-corrected chi connectivity index (χ3v) is 0.287. The highest BCUT2D eigenvalue weighted by molar-refractivity contribution is 5.74. The van der Waals surface area contributed by atoms with Crippen molar-refractivity contribution >= 4 is 5.91 Å². The monoisotopic (exact) mass is 148 g/mol. The lowest BCUT2D eigenvalue weighted by atomic mass is 10.7. The van der Waals surface area contributed by atoms with Crippen molar-refractivity contribution in [1.29, 1.82) is 0 Å². The highest BCUT2D eigenvalue weighted by atomic mass is 16.5. The molecule has 0 fully saturated rings. The maximum Gasteiger partial charge on any atom is 0.243 e. The van der Waals surface area contributed by atoms with Gasteiger partial charge in [-0.15, -0.1) is 0 Å². The third kappa shape index (κ3) is 52.8. The van der Waals surface area contributed by atoms with Crippen LogP contribution in [0.3, 0.4) is 0 Å². The van der Waals surface area contributed by atoms with Crippen molar-refractivity contribution in [3.05, 3.63) is 0 Å². The Morgan fingerprint density at radius 2 is 1.80 bits per heavy atom. The van der Waals surface area contributed by atoms with Crippen LogP contribution in [0.1, 0.15) is 0 Å². The molecule has 2 N–H and O–H groups in total. The van der Waals surface area contributed by atoms with Gasteiger partial charge in [0, 0.05) is 7.11 Å². The molecule has 0 spiro atoms. The summed E-state index contributed by atoms with van der Waals surface area (Å²) in [5, 5.41) is 0. The van der Waals surface area contributed by atoms with Gasteiger partial charge in [-0.1, -0.05) is 0 Å². The topological polar surface area (TPSA) is 55.6 Å². The van der Waals surface area contributed by atoms with Crippen LogP contribution in [0.2, 0.25) is 0 Å². The van der Waals surface area contributed by atoms with E-state index in [0.29, 0.717) is 0 Å². The number of primary amides is 1. The zero-order chi connectivity index (χ0) is 8.57. The van der Waals surface area contributed by atoms with Crippen LogP contribution in [0.4, 0.5) is 0 Å². The zero-order valence-electron chi connectivity index (χ0n) is 7.05. The first-order valence-corrected chi connectivity index (χ1v) is 2.88. The molecule has 10 heavy (non-hydrogen) atoms. The average molecular weight is 148 g/mol. The Kier molecular flexibility index (Phi) is 10.2. The summed E-state index contributed by atoms with van der Waals surface area (Å²) >= 11 is 0. The van der Waals surface area contributed by atoms with Crippen LogP contribution in [0.15, 0.2) is 0 Å². The van der Waals surface area contributed by atoms with Crippen LogP contribution in [-0.4, -0.2) is 45.7 Å². The quantitative estimate of drug-likeness (QED) is 0.563. The zero-order valence-corrected chi connectivity index (χ0v) is 7.05. The molecule has 0 aromatic rings. The third-order valence-electron chi connectivity index (χ3n) is 0.287. The molecule has 0 saturated carbocycles. The molecule has 0 heterocycles. The lowest BCUT2D eigenvalue weighted by molar-refractivity contribution is -0.121. The standard InChI is InChI=1S/C3H7NO2.C3H9N/c1-6-2-3(4)5;1-4(2)3/h2H2,1H3,(H2,4,5);1-3H3. The molecule has 0 aromatic carbocycles. The van der Waals surface area contributed by atoms with Crippen LogP contribution in [0.5, 0.6) is 0 Å². The van der Waals surface area contributed by atoms with Crippen molar-refractivity contribution in [2.45, 2.75) is 0 Å². The van der Waals surface area contributed by atoms with E-state index >= 15 is 0 Å². The van der Waals surface area contributed by atoms with Crippen LogP contribution >= 0.6 is 0 Å². The highest BCUT2D eigenvalue weighted by Gasteiger charge is 1.84. The van der Waals surface area contributed by atoms with Gasteiger partial charge in [0.15, 0.2) is 0 Å². The van der Waals surface area contributed by atoms with Gasteiger partial charge in [0.2, 0.25) is 5.91 Å². The molecule has 0 aliphatic heterocycles. The summed E-state index contributed by atoms with van der Waals surface area (Å²) < 4.78 is 4.33. The number of rotatable bonds is 2. The first-order valence-electron chi connectivity index (χ1n) is 2.88. The Labute approximate surface area is 61.9 Å². The van der Waals surface area contributed by atoms with E-state index in [1.54, 1.807) is 0 Å². The number of nitrogens with zero attached hydrogens (tertiary/aromatic N) is 1. The molecule has 62 valence electrons. The first-order chi connectivity index (χ1) is 4.50. The van der Waals surface area contributed by atoms with Gasteiger partial charge in [-0.05, 0) is 21.1 Å². The highest BCUT2D eigenvalue weighted by Crippen LogP contribution is 1.58. The largest absolute Gasteiger partial charge is 0.375 e. The minimum absolute atomic E-state index is 0.0139. The van der Waals surface area contributed by atoms with E-state index < -0.39 is 5.91 Å². The van der Waals surface area contributed by atoms with Gasteiger partial charge < -0.3 is 15.4 Å². The molecule has 0 radical (unpaired) electrons. The van der Waals surface area contributed by atoms with Crippen LogP contribution in [0.25, 0.3) is 0 Å². The van der Waals surface area contributed by atoms with E-state index in [4.69, 9.17) is 0 Å². The maximum atomic E-state index is 9.70. The molecule has 0 aliphatic rings. The van der Waals surface area contributed by atoms with E-state index in [2.05, 4.69) is 10.5 Å². The predicted octanol–water partition coefficient (Wildman–Crippen LogP) is -0.704. The van der Waals surface area contributed by atoms with E-state index in [9.17, 15) is 4.79 Å². The van der Waals surface area contributed by atoms with Crippen molar-refractivity contribution in [1.82, 2.24) is 4.90 Å². The Morgan fingerprint density at radius 3 is 1.80 bits per heavy atom. The van der Waals surface area contributed by atoms with Crippen LogP contribution in [-0.2, 0) is 9.53 Å². The summed E-state index contributed by atoms with van der Waals surface area (Å²) in [4.78, 5) is 11.7. The second kappa shape index (κ2) is 8.39. The molecular weight excluding hydrogens is 132 g/mol. The molecule has 0 saturated heterocycles. The molecule has 0 unspecified atom stereocenters. The molecule has 1 amide bonds. The summed E-state index contributed by atoms with van der Waals surface area (Å²) in [6.07, 6.45) is 0. The number of carbonyl (C=O) groups excluding carboxylic acids is 1. The van der Waals surface area contributed by atoms with Crippen LogP contribution < -0.4 is 5.73 Å². The number of nitrogens with two attached hydrogens (primary N) is 1. The molecule has 4 heteroatoms. The molecule has 0 bridgehead atoms. The lowest BCUT2D eigenvalue weighted by Crippen LogP contribution is -2.16. The summed E-state index contributed by atoms with van der Waals surface area (Å²) in [6, 6.07) is 0. The summed E-state index contributed by atoms with van der Waals surface area (Å²) in [7, 11) is 7.42. The smallest absolute Gasteiger partial charge is 0.243 e. The molecular formula is C6H16N2O2. The summed E-state index contributed by atoms with van der Waals surface area (Å²) in [5.74, 6) is -0.433. The SMILES string of the molecule is CN(C)C.COCC(N)=O. The lowest BCUT2D eigenvalue weighted by Gasteiger charge is -1.90. The number of amides is 1. The van der Waals surface area contributed by atoms with Gasteiger partial charge >= 0.3 is 0 Å². The molecule has 0 atom stereocenters. The first kappa shape index (κ1) is 12.1. The Morgan fingerprint density at radius 1 is 1.50 bits per heavy atom. The second-order valence-electron chi connectivity index (χ2n) is 2.24. The number of hydrogen-bond donors (Lipinski definition) is 1. The predicted molar refractivity (Wildman–Crippen MR) is 40.7 cm³/mol. The minimum Gasteiger partial charge on any atom is -0.375 e.